The highest BCUT2D eigenvalue weighted by Crippen LogP contribution is 2.36. The summed E-state index contributed by atoms with van der Waals surface area (Å²) in [6, 6.07) is 1.65. The lowest BCUT2D eigenvalue weighted by molar-refractivity contribution is -0.121. The first-order chi connectivity index (χ1) is 10.3. The third-order valence-electron chi connectivity index (χ3n) is 3.84. The van der Waals surface area contributed by atoms with Crippen LogP contribution < -0.4 is 10.6 Å². The second kappa shape index (κ2) is 6.48. The highest BCUT2D eigenvalue weighted by atomic mass is 32.1. The SMILES string of the molecule is C=C(C)C(=C(C)C)[C@H]1CNC(=O)[C@@H]1C(=C)Nc1ccsc1F. The second-order valence-corrected chi connectivity index (χ2v) is 6.65. The maximum atomic E-state index is 13.6. The van der Waals surface area contributed by atoms with Crippen LogP contribution in [0.4, 0.5) is 10.1 Å². The van der Waals surface area contributed by atoms with Crippen LogP contribution in [-0.4, -0.2) is 12.5 Å². The lowest BCUT2D eigenvalue weighted by Gasteiger charge is -2.24. The quantitative estimate of drug-likeness (QED) is 0.802. The molecule has 118 valence electrons. The Kier molecular flexibility index (Phi) is 4.86. The molecule has 1 aromatic rings. The largest absolute Gasteiger partial charge is 0.356 e. The van der Waals surface area contributed by atoms with E-state index in [4.69, 9.17) is 0 Å². The van der Waals surface area contributed by atoms with Crippen LogP contribution in [0.1, 0.15) is 20.8 Å². The molecule has 1 aliphatic heterocycles. The van der Waals surface area contributed by atoms with Gasteiger partial charge in [-0.1, -0.05) is 24.3 Å². The Balaban J connectivity index is 2.28. The molecule has 1 fully saturated rings. The number of anilines is 1. The van der Waals surface area contributed by atoms with E-state index in [-0.39, 0.29) is 17.0 Å². The van der Waals surface area contributed by atoms with Crippen LogP contribution in [0.2, 0.25) is 0 Å². The van der Waals surface area contributed by atoms with Crippen molar-refractivity contribution in [1.29, 1.82) is 0 Å². The van der Waals surface area contributed by atoms with Gasteiger partial charge in [-0.05, 0) is 37.8 Å². The third-order valence-corrected chi connectivity index (χ3v) is 4.54. The molecule has 0 spiro atoms. The predicted octanol–water partition coefficient (Wildman–Crippen LogP) is 4.09. The molecule has 0 bridgehead atoms. The van der Waals surface area contributed by atoms with Crippen LogP contribution in [-0.2, 0) is 4.79 Å². The van der Waals surface area contributed by atoms with Gasteiger partial charge in [0.15, 0.2) is 5.13 Å². The van der Waals surface area contributed by atoms with E-state index < -0.39 is 5.92 Å². The van der Waals surface area contributed by atoms with E-state index in [0.29, 0.717) is 17.9 Å². The minimum Gasteiger partial charge on any atom is -0.356 e. The molecule has 0 aromatic carbocycles. The molecule has 0 unspecified atom stereocenters. The predicted molar refractivity (Wildman–Crippen MR) is 90.2 cm³/mol. The van der Waals surface area contributed by atoms with Crippen molar-refractivity contribution in [3.05, 3.63) is 52.2 Å². The summed E-state index contributed by atoms with van der Waals surface area (Å²) < 4.78 is 13.6. The summed E-state index contributed by atoms with van der Waals surface area (Å²) in [6.07, 6.45) is 0. The number of allylic oxidation sites excluding steroid dienone is 2. The van der Waals surface area contributed by atoms with Crippen molar-refractivity contribution in [1.82, 2.24) is 5.32 Å². The van der Waals surface area contributed by atoms with Gasteiger partial charge < -0.3 is 10.6 Å². The number of hydrogen-bond donors (Lipinski definition) is 2. The van der Waals surface area contributed by atoms with Gasteiger partial charge in [-0.25, -0.2) is 0 Å². The standard InChI is InChI=1S/C17H21FN2OS/c1-9(2)14(10(3)4)12-8-19-17(21)15(12)11(5)20-13-6-7-22-16(13)18/h6-7,12,15,20H,1,5,8H2,2-4H3,(H,19,21)/t12-,15-/m1/s1. The smallest absolute Gasteiger partial charge is 0.229 e. The topological polar surface area (TPSA) is 41.1 Å². The molecule has 3 nitrogen and oxygen atoms in total. The number of nitrogens with one attached hydrogen (secondary N) is 2. The number of amides is 1. The summed E-state index contributed by atoms with van der Waals surface area (Å²) in [5, 5.41) is 7.18. The molecule has 22 heavy (non-hydrogen) atoms. The molecule has 1 saturated heterocycles. The van der Waals surface area contributed by atoms with Gasteiger partial charge in [0, 0.05) is 18.2 Å². The molecule has 1 amide bonds. The van der Waals surface area contributed by atoms with Crippen LogP contribution in [0.15, 0.2) is 47.0 Å². The number of carbonyl (C=O) groups is 1. The first kappa shape index (κ1) is 16.5. The molecule has 0 saturated carbocycles. The summed E-state index contributed by atoms with van der Waals surface area (Å²) >= 11 is 1.01. The van der Waals surface area contributed by atoms with Crippen LogP contribution >= 0.6 is 11.3 Å². The lowest BCUT2D eigenvalue weighted by Crippen LogP contribution is -2.25. The Morgan fingerprint density at radius 1 is 1.41 bits per heavy atom. The minimum atomic E-state index is -0.430. The van der Waals surface area contributed by atoms with Gasteiger partial charge in [-0.15, -0.1) is 11.3 Å². The van der Waals surface area contributed by atoms with Crippen LogP contribution in [0, 0.1) is 17.0 Å². The van der Waals surface area contributed by atoms with E-state index >= 15 is 0 Å². The van der Waals surface area contributed by atoms with Crippen molar-refractivity contribution in [3.63, 3.8) is 0 Å². The fraction of sp³-hybridized carbons (Fsp3) is 0.353. The molecule has 2 atom stereocenters. The normalized spacial score (nSPS) is 20.5. The number of hydrogen-bond acceptors (Lipinski definition) is 3. The second-order valence-electron chi connectivity index (χ2n) is 5.78. The number of rotatable bonds is 5. The van der Waals surface area contributed by atoms with Crippen LogP contribution in [0.25, 0.3) is 0 Å². The first-order valence-electron chi connectivity index (χ1n) is 7.12. The number of thiophene rings is 1. The maximum absolute atomic E-state index is 13.6. The van der Waals surface area contributed by atoms with Gasteiger partial charge in [-0.3, -0.25) is 4.79 Å². The van der Waals surface area contributed by atoms with E-state index in [9.17, 15) is 9.18 Å². The maximum Gasteiger partial charge on any atom is 0.229 e. The van der Waals surface area contributed by atoms with Gasteiger partial charge in [0.2, 0.25) is 5.91 Å². The van der Waals surface area contributed by atoms with Gasteiger partial charge in [-0.2, -0.15) is 4.39 Å². The average Bonchev–Trinajstić information content (AvgIpc) is 2.96. The summed E-state index contributed by atoms with van der Waals surface area (Å²) in [5.74, 6) is -0.546. The molecule has 2 N–H and O–H groups in total. The Hall–Kier alpha value is -1.88. The van der Waals surface area contributed by atoms with Gasteiger partial charge in [0.05, 0.1) is 11.6 Å². The van der Waals surface area contributed by atoms with E-state index in [1.807, 2.05) is 20.8 Å². The molecule has 2 heterocycles. The molecular weight excluding hydrogens is 299 g/mol. The summed E-state index contributed by atoms with van der Waals surface area (Å²) in [6.45, 7) is 14.5. The zero-order chi connectivity index (χ0) is 16.4. The van der Waals surface area contributed by atoms with E-state index in [1.54, 1.807) is 11.4 Å². The van der Waals surface area contributed by atoms with Crippen LogP contribution in [0.3, 0.4) is 0 Å². The molecule has 5 heteroatoms. The lowest BCUT2D eigenvalue weighted by atomic mass is 9.81. The van der Waals surface area contributed by atoms with E-state index in [1.165, 1.54) is 0 Å². The van der Waals surface area contributed by atoms with Gasteiger partial charge in [0.25, 0.3) is 0 Å². The van der Waals surface area contributed by atoms with Crippen molar-refractivity contribution in [3.8, 4) is 0 Å². The minimum absolute atomic E-state index is 0.0308. The Morgan fingerprint density at radius 3 is 2.59 bits per heavy atom. The number of carbonyl (C=O) groups excluding carboxylic acids is 1. The molecule has 0 radical (unpaired) electrons. The molecule has 1 aliphatic rings. The summed E-state index contributed by atoms with van der Waals surface area (Å²) in [4.78, 5) is 12.2. The molecular formula is C17H21FN2OS. The fourth-order valence-corrected chi connectivity index (χ4v) is 3.61. The highest BCUT2D eigenvalue weighted by Gasteiger charge is 2.39. The van der Waals surface area contributed by atoms with Crippen molar-refractivity contribution < 1.29 is 9.18 Å². The van der Waals surface area contributed by atoms with Crippen molar-refractivity contribution >= 4 is 22.9 Å². The number of halogens is 1. The Bertz CT molecular complexity index is 655. The van der Waals surface area contributed by atoms with Crippen molar-refractivity contribution in [2.75, 3.05) is 11.9 Å². The first-order valence-corrected chi connectivity index (χ1v) is 8.00. The molecule has 2 rings (SSSR count). The highest BCUT2D eigenvalue weighted by molar-refractivity contribution is 7.08. The van der Waals surface area contributed by atoms with E-state index in [0.717, 1.165) is 28.1 Å². The van der Waals surface area contributed by atoms with Crippen LogP contribution in [0.5, 0.6) is 0 Å². The van der Waals surface area contributed by atoms with Crippen molar-refractivity contribution in [2.24, 2.45) is 11.8 Å². The summed E-state index contributed by atoms with van der Waals surface area (Å²) in [7, 11) is 0. The molecule has 1 aromatic heterocycles. The third kappa shape index (κ3) is 3.14. The van der Waals surface area contributed by atoms with Crippen molar-refractivity contribution in [2.45, 2.75) is 20.8 Å². The Morgan fingerprint density at radius 2 is 2.09 bits per heavy atom. The fourth-order valence-electron chi connectivity index (χ4n) is 3.04. The molecule has 0 aliphatic carbocycles. The summed E-state index contributed by atoms with van der Waals surface area (Å²) in [5.41, 5.74) is 4.03. The Labute approximate surface area is 134 Å². The van der Waals surface area contributed by atoms with Gasteiger partial charge >= 0.3 is 0 Å². The average molecular weight is 320 g/mol. The van der Waals surface area contributed by atoms with E-state index in [2.05, 4.69) is 23.8 Å². The monoisotopic (exact) mass is 320 g/mol. The zero-order valence-electron chi connectivity index (χ0n) is 13.1. The zero-order valence-corrected chi connectivity index (χ0v) is 13.9. The van der Waals surface area contributed by atoms with Gasteiger partial charge in [0.1, 0.15) is 0 Å².